The Morgan fingerprint density at radius 3 is 2.51 bits per heavy atom. The maximum Gasteiger partial charge on any atom is 0.269 e. The Morgan fingerprint density at radius 1 is 1.06 bits per heavy atom. The summed E-state index contributed by atoms with van der Waals surface area (Å²) in [7, 11) is -2.21. The summed E-state index contributed by atoms with van der Waals surface area (Å²) in [6.45, 7) is 2.26. The molecule has 0 bridgehead atoms. The molecule has 3 rings (SSSR count). The lowest BCUT2D eigenvalue weighted by Crippen LogP contribution is -2.44. The number of hydrazine groups is 1. The Balaban J connectivity index is 1.74. The van der Waals surface area contributed by atoms with Crippen LogP contribution in [0.15, 0.2) is 36.4 Å². The first-order valence-corrected chi connectivity index (χ1v) is 13.3. The summed E-state index contributed by atoms with van der Waals surface area (Å²) in [5.41, 5.74) is 3.59. The third kappa shape index (κ3) is 7.58. The number of benzene rings is 2. The lowest BCUT2D eigenvalue weighted by molar-refractivity contribution is 0.0931. The van der Waals surface area contributed by atoms with Crippen LogP contribution in [0, 0.1) is 18.7 Å². The topological polar surface area (TPSA) is 114 Å². The maximum absolute atomic E-state index is 14.8. The van der Waals surface area contributed by atoms with E-state index in [2.05, 4.69) is 15.6 Å². The number of halogens is 1. The van der Waals surface area contributed by atoms with Crippen LogP contribution in [0.3, 0.4) is 0 Å². The highest BCUT2D eigenvalue weighted by atomic mass is 32.2. The standard InChI is InChI=1S/C25H32FN3O5S/c1-17-13-21(19-9-6-10-20(14-19)24(30)27-11-12-34-2)15-22(23(17)26)25(31)28-29-35(32,33)16-18-7-4-3-5-8-18/h6,9-10,13-15,18,29H,3-5,7-8,11-12,16H2,1-2H3,(H,27,30)(H,28,31). The van der Waals surface area contributed by atoms with E-state index < -0.39 is 21.7 Å². The summed E-state index contributed by atoms with van der Waals surface area (Å²) in [5.74, 6) is -1.94. The van der Waals surface area contributed by atoms with Gasteiger partial charge in [0.05, 0.1) is 17.9 Å². The molecule has 2 amide bonds. The lowest BCUT2D eigenvalue weighted by Gasteiger charge is -2.21. The average Bonchev–Trinajstić information content (AvgIpc) is 2.84. The Kier molecular flexibility index (Phi) is 9.36. The van der Waals surface area contributed by atoms with E-state index in [0.717, 1.165) is 32.1 Å². The molecule has 1 saturated carbocycles. The minimum Gasteiger partial charge on any atom is -0.383 e. The third-order valence-electron chi connectivity index (χ3n) is 6.05. The van der Waals surface area contributed by atoms with Crippen molar-refractivity contribution in [1.29, 1.82) is 0 Å². The molecular formula is C25H32FN3O5S. The van der Waals surface area contributed by atoms with Gasteiger partial charge < -0.3 is 10.1 Å². The number of hydrogen-bond donors (Lipinski definition) is 3. The van der Waals surface area contributed by atoms with Gasteiger partial charge in [0.1, 0.15) is 5.82 Å². The van der Waals surface area contributed by atoms with Crippen LogP contribution in [-0.2, 0) is 14.8 Å². The van der Waals surface area contributed by atoms with Crippen LogP contribution in [0.5, 0.6) is 0 Å². The molecule has 1 fully saturated rings. The van der Waals surface area contributed by atoms with Gasteiger partial charge in [0.15, 0.2) is 0 Å². The largest absolute Gasteiger partial charge is 0.383 e. The van der Waals surface area contributed by atoms with Crippen LogP contribution >= 0.6 is 0 Å². The molecule has 2 aromatic carbocycles. The SMILES string of the molecule is COCCNC(=O)c1cccc(-c2cc(C)c(F)c(C(=O)NNS(=O)(=O)CC3CCCCC3)c2)c1. The number of sulfonamides is 1. The maximum atomic E-state index is 14.8. The number of nitrogens with one attached hydrogen (secondary N) is 3. The van der Waals surface area contributed by atoms with Crippen LogP contribution in [-0.4, -0.2) is 46.2 Å². The van der Waals surface area contributed by atoms with Crippen molar-refractivity contribution in [3.05, 3.63) is 58.9 Å². The predicted octanol–water partition coefficient (Wildman–Crippen LogP) is 3.32. The van der Waals surface area contributed by atoms with Gasteiger partial charge in [0.2, 0.25) is 10.0 Å². The van der Waals surface area contributed by atoms with E-state index in [1.54, 1.807) is 37.4 Å². The highest BCUT2D eigenvalue weighted by molar-refractivity contribution is 7.89. The fraction of sp³-hybridized carbons (Fsp3) is 0.440. The molecule has 1 aliphatic carbocycles. The molecule has 3 N–H and O–H groups in total. The van der Waals surface area contributed by atoms with E-state index >= 15 is 0 Å². The normalized spacial score (nSPS) is 14.5. The van der Waals surface area contributed by atoms with Crippen molar-refractivity contribution in [3.8, 4) is 11.1 Å². The Labute approximate surface area is 205 Å². The second kappa shape index (κ2) is 12.2. The molecule has 35 heavy (non-hydrogen) atoms. The zero-order valence-electron chi connectivity index (χ0n) is 20.0. The first-order chi connectivity index (χ1) is 16.7. The number of ether oxygens (including phenoxy) is 1. The van der Waals surface area contributed by atoms with E-state index in [0.29, 0.717) is 29.8 Å². The van der Waals surface area contributed by atoms with Gasteiger partial charge in [-0.05, 0) is 66.6 Å². The highest BCUT2D eigenvalue weighted by Crippen LogP contribution is 2.26. The quantitative estimate of drug-likeness (QED) is 0.339. The smallest absolute Gasteiger partial charge is 0.269 e. The van der Waals surface area contributed by atoms with E-state index in [1.165, 1.54) is 13.0 Å². The van der Waals surface area contributed by atoms with Gasteiger partial charge in [-0.25, -0.2) is 12.8 Å². The van der Waals surface area contributed by atoms with Crippen molar-refractivity contribution >= 4 is 21.8 Å². The van der Waals surface area contributed by atoms with Crippen LogP contribution in [0.4, 0.5) is 4.39 Å². The van der Waals surface area contributed by atoms with Crippen molar-refractivity contribution in [2.75, 3.05) is 26.0 Å². The van der Waals surface area contributed by atoms with Crippen molar-refractivity contribution in [3.63, 3.8) is 0 Å². The van der Waals surface area contributed by atoms with Gasteiger partial charge in [-0.1, -0.05) is 31.4 Å². The molecule has 0 saturated heterocycles. The van der Waals surface area contributed by atoms with Crippen molar-refractivity contribution in [1.82, 2.24) is 15.6 Å². The third-order valence-corrected chi connectivity index (χ3v) is 7.37. The summed E-state index contributed by atoms with van der Waals surface area (Å²) < 4.78 is 44.5. The van der Waals surface area contributed by atoms with Gasteiger partial charge in [-0.3, -0.25) is 15.0 Å². The number of hydrogen-bond acceptors (Lipinski definition) is 5. The van der Waals surface area contributed by atoms with Crippen LogP contribution in [0.1, 0.15) is 58.4 Å². The number of methoxy groups -OCH3 is 1. The molecule has 0 unspecified atom stereocenters. The van der Waals surface area contributed by atoms with Crippen molar-refractivity contribution in [2.24, 2.45) is 5.92 Å². The zero-order chi connectivity index (χ0) is 25.4. The van der Waals surface area contributed by atoms with Gasteiger partial charge in [-0.2, -0.15) is 0 Å². The number of rotatable bonds is 10. The van der Waals surface area contributed by atoms with E-state index in [1.807, 2.05) is 0 Å². The molecule has 0 heterocycles. The van der Waals surface area contributed by atoms with Crippen LogP contribution in [0.25, 0.3) is 11.1 Å². The van der Waals surface area contributed by atoms with E-state index in [9.17, 15) is 22.4 Å². The van der Waals surface area contributed by atoms with Crippen molar-refractivity contribution in [2.45, 2.75) is 39.0 Å². The number of aryl methyl sites for hydroxylation is 1. The van der Waals surface area contributed by atoms with E-state index in [4.69, 9.17) is 4.74 Å². The average molecular weight is 506 g/mol. The van der Waals surface area contributed by atoms with Crippen LogP contribution < -0.4 is 15.6 Å². The molecule has 0 spiro atoms. The summed E-state index contributed by atoms with van der Waals surface area (Å²) in [6, 6.07) is 9.64. The van der Waals surface area contributed by atoms with E-state index in [-0.39, 0.29) is 28.7 Å². The molecule has 0 radical (unpaired) electrons. The summed E-state index contributed by atoms with van der Waals surface area (Å²) in [4.78, 5) is 27.2. The van der Waals surface area contributed by atoms with Crippen LogP contribution in [0.2, 0.25) is 0 Å². The molecule has 1 aliphatic rings. The van der Waals surface area contributed by atoms with Gasteiger partial charge >= 0.3 is 0 Å². The Hall–Kier alpha value is -2.82. The molecule has 8 nitrogen and oxygen atoms in total. The second-order valence-electron chi connectivity index (χ2n) is 8.83. The fourth-order valence-electron chi connectivity index (χ4n) is 4.21. The first kappa shape index (κ1) is 26.8. The second-order valence-corrected chi connectivity index (χ2v) is 10.6. The number of amides is 2. The lowest BCUT2D eigenvalue weighted by atomic mass is 9.91. The minimum atomic E-state index is -3.75. The molecule has 0 aromatic heterocycles. The molecule has 190 valence electrons. The zero-order valence-corrected chi connectivity index (χ0v) is 20.8. The summed E-state index contributed by atoms with van der Waals surface area (Å²) >= 11 is 0. The first-order valence-electron chi connectivity index (χ1n) is 11.7. The predicted molar refractivity (Wildman–Crippen MR) is 132 cm³/mol. The molecule has 0 aliphatic heterocycles. The molecular weight excluding hydrogens is 473 g/mol. The Morgan fingerprint density at radius 2 is 1.80 bits per heavy atom. The summed E-state index contributed by atoms with van der Waals surface area (Å²) in [6.07, 6.45) is 4.79. The number of carbonyl (C=O) groups excluding carboxylic acids is 2. The monoisotopic (exact) mass is 505 g/mol. The Bertz CT molecular complexity index is 1160. The highest BCUT2D eigenvalue weighted by Gasteiger charge is 2.23. The van der Waals surface area contributed by atoms with Gasteiger partial charge in [0.25, 0.3) is 11.8 Å². The summed E-state index contributed by atoms with van der Waals surface area (Å²) in [5, 5.41) is 2.74. The number of carbonyl (C=O) groups is 2. The molecule has 0 atom stereocenters. The van der Waals surface area contributed by atoms with Gasteiger partial charge in [-0.15, -0.1) is 4.83 Å². The van der Waals surface area contributed by atoms with Crippen molar-refractivity contribution < 1.29 is 27.1 Å². The minimum absolute atomic E-state index is 0.0550. The molecule has 2 aromatic rings. The molecule has 10 heteroatoms. The fourth-order valence-corrected chi connectivity index (χ4v) is 5.49. The van der Waals surface area contributed by atoms with Gasteiger partial charge in [0, 0.05) is 19.2 Å².